The molecule has 3 rings (SSSR count). The first-order valence-corrected chi connectivity index (χ1v) is 14.5. The number of halogens is 3. The van der Waals surface area contributed by atoms with Crippen LogP contribution < -0.4 is 9.62 Å². The normalized spacial score (nSPS) is 12.6. The van der Waals surface area contributed by atoms with Crippen molar-refractivity contribution in [3.63, 3.8) is 0 Å². The summed E-state index contributed by atoms with van der Waals surface area (Å²) >= 11 is 0. The number of nitrogens with zero attached hydrogens (tertiary/aromatic N) is 2. The summed E-state index contributed by atoms with van der Waals surface area (Å²) in [6.45, 7) is 6.75. The van der Waals surface area contributed by atoms with E-state index < -0.39 is 46.2 Å². The van der Waals surface area contributed by atoms with Gasteiger partial charge in [0.2, 0.25) is 11.8 Å². The molecule has 0 unspecified atom stereocenters. The second-order valence-electron chi connectivity index (χ2n) is 10.1. The van der Waals surface area contributed by atoms with Gasteiger partial charge in [-0.2, -0.15) is 13.2 Å². The van der Waals surface area contributed by atoms with Crippen LogP contribution in [0.3, 0.4) is 0 Å². The second kappa shape index (κ2) is 13.2. The number of aryl methyl sites for hydroxylation is 1. The number of nitrogens with one attached hydrogen (secondary N) is 1. The molecule has 11 heteroatoms. The maximum absolute atomic E-state index is 13.9. The van der Waals surface area contributed by atoms with Crippen LogP contribution in [0.2, 0.25) is 0 Å². The van der Waals surface area contributed by atoms with E-state index in [1.165, 1.54) is 42.2 Å². The van der Waals surface area contributed by atoms with Crippen molar-refractivity contribution in [2.75, 3.05) is 17.4 Å². The molecule has 3 aromatic rings. The molecule has 0 spiro atoms. The van der Waals surface area contributed by atoms with Crippen LogP contribution in [0.1, 0.15) is 37.5 Å². The van der Waals surface area contributed by atoms with Gasteiger partial charge in [0.1, 0.15) is 12.6 Å². The molecule has 1 atom stereocenters. The molecule has 0 heterocycles. The van der Waals surface area contributed by atoms with Gasteiger partial charge in [0.15, 0.2) is 0 Å². The lowest BCUT2D eigenvalue weighted by molar-refractivity contribution is -0.139. The quantitative estimate of drug-likeness (QED) is 0.325. The minimum absolute atomic E-state index is 0.0103. The Hall–Kier alpha value is -3.86. The predicted octanol–water partition coefficient (Wildman–Crippen LogP) is 5.40. The van der Waals surface area contributed by atoms with Crippen LogP contribution in [-0.2, 0) is 32.3 Å². The topological polar surface area (TPSA) is 86.8 Å². The van der Waals surface area contributed by atoms with E-state index in [2.05, 4.69) is 5.32 Å². The Labute approximate surface area is 239 Å². The highest BCUT2D eigenvalue weighted by molar-refractivity contribution is 7.92. The van der Waals surface area contributed by atoms with Crippen molar-refractivity contribution in [1.29, 1.82) is 0 Å². The molecule has 0 bridgehead atoms. The largest absolute Gasteiger partial charge is 0.416 e. The molecule has 2 amide bonds. The summed E-state index contributed by atoms with van der Waals surface area (Å²) in [5, 5.41) is 2.79. The monoisotopic (exact) mass is 589 g/mol. The van der Waals surface area contributed by atoms with E-state index in [1.807, 2.05) is 32.9 Å². The number of anilines is 1. The average molecular weight is 590 g/mol. The molecule has 0 aliphatic rings. The van der Waals surface area contributed by atoms with Crippen molar-refractivity contribution >= 4 is 27.5 Å². The molecule has 0 saturated carbocycles. The summed E-state index contributed by atoms with van der Waals surface area (Å²) < 4.78 is 68.8. The molecule has 220 valence electrons. The van der Waals surface area contributed by atoms with Crippen LogP contribution in [0, 0.1) is 12.8 Å². The molecular formula is C30H34F3N3O4S. The summed E-state index contributed by atoms with van der Waals surface area (Å²) in [6.07, 6.45) is -4.73. The molecule has 0 radical (unpaired) electrons. The maximum Gasteiger partial charge on any atom is 0.416 e. The van der Waals surface area contributed by atoms with Gasteiger partial charge in [-0.3, -0.25) is 13.9 Å². The SMILES string of the molecule is Cc1ccccc1CN(C(=O)CN(c1cccc(C(F)(F)F)c1)S(=O)(=O)c1ccccc1)[C@@H](C)C(=O)NCC(C)C. The predicted molar refractivity (Wildman–Crippen MR) is 151 cm³/mol. The number of hydrogen-bond donors (Lipinski definition) is 1. The first-order chi connectivity index (χ1) is 19.2. The zero-order chi connectivity index (χ0) is 30.4. The molecule has 0 saturated heterocycles. The van der Waals surface area contributed by atoms with E-state index in [-0.39, 0.29) is 23.0 Å². The van der Waals surface area contributed by atoms with Crippen LogP contribution in [-0.4, -0.2) is 44.3 Å². The third kappa shape index (κ3) is 8.09. The Kier molecular flexibility index (Phi) is 10.2. The smallest absolute Gasteiger partial charge is 0.354 e. The summed E-state index contributed by atoms with van der Waals surface area (Å²) in [6, 6.07) is 17.2. The first-order valence-electron chi connectivity index (χ1n) is 13.1. The van der Waals surface area contributed by atoms with Crippen molar-refractivity contribution in [3.05, 3.63) is 95.6 Å². The Bertz CT molecular complexity index is 1460. The Morgan fingerprint density at radius 2 is 1.54 bits per heavy atom. The fourth-order valence-electron chi connectivity index (χ4n) is 4.09. The lowest BCUT2D eigenvalue weighted by atomic mass is 10.1. The van der Waals surface area contributed by atoms with E-state index in [0.717, 1.165) is 23.3 Å². The van der Waals surface area contributed by atoms with Crippen LogP contribution in [0.25, 0.3) is 0 Å². The van der Waals surface area contributed by atoms with Crippen molar-refractivity contribution in [2.45, 2.75) is 51.4 Å². The van der Waals surface area contributed by atoms with E-state index in [4.69, 9.17) is 0 Å². The summed E-state index contributed by atoms with van der Waals surface area (Å²) in [7, 11) is -4.48. The molecule has 7 nitrogen and oxygen atoms in total. The number of sulfonamides is 1. The Morgan fingerprint density at radius 3 is 2.15 bits per heavy atom. The van der Waals surface area contributed by atoms with Crippen molar-refractivity contribution < 1.29 is 31.2 Å². The number of carbonyl (C=O) groups is 2. The molecule has 0 aliphatic carbocycles. The van der Waals surface area contributed by atoms with Gasteiger partial charge >= 0.3 is 6.18 Å². The molecule has 41 heavy (non-hydrogen) atoms. The lowest BCUT2D eigenvalue weighted by Gasteiger charge is -2.32. The highest BCUT2D eigenvalue weighted by atomic mass is 32.2. The molecule has 0 aromatic heterocycles. The molecule has 1 N–H and O–H groups in total. The van der Waals surface area contributed by atoms with E-state index in [1.54, 1.807) is 18.2 Å². The van der Waals surface area contributed by atoms with Crippen molar-refractivity contribution in [2.24, 2.45) is 5.92 Å². The van der Waals surface area contributed by atoms with E-state index >= 15 is 0 Å². The highest BCUT2D eigenvalue weighted by Gasteiger charge is 2.35. The zero-order valence-electron chi connectivity index (χ0n) is 23.4. The molecule has 3 aromatic carbocycles. The highest BCUT2D eigenvalue weighted by Crippen LogP contribution is 2.33. The lowest BCUT2D eigenvalue weighted by Crippen LogP contribution is -2.51. The van der Waals surface area contributed by atoms with Crippen LogP contribution in [0.4, 0.5) is 18.9 Å². The van der Waals surface area contributed by atoms with Crippen molar-refractivity contribution in [3.8, 4) is 0 Å². The van der Waals surface area contributed by atoms with E-state index in [0.29, 0.717) is 16.9 Å². The van der Waals surface area contributed by atoms with Gasteiger partial charge < -0.3 is 10.2 Å². The van der Waals surface area contributed by atoms with Crippen molar-refractivity contribution in [1.82, 2.24) is 10.2 Å². The average Bonchev–Trinajstić information content (AvgIpc) is 2.93. The van der Waals surface area contributed by atoms with Gasteiger partial charge in [-0.05, 0) is 61.2 Å². The molecular weight excluding hydrogens is 555 g/mol. The Balaban J connectivity index is 2.07. The van der Waals surface area contributed by atoms with Gasteiger partial charge in [0, 0.05) is 13.1 Å². The van der Waals surface area contributed by atoms with Gasteiger partial charge in [0.25, 0.3) is 10.0 Å². The molecule has 0 fully saturated rings. The fourth-order valence-corrected chi connectivity index (χ4v) is 5.52. The van der Waals surface area contributed by atoms with Crippen LogP contribution in [0.5, 0.6) is 0 Å². The first kappa shape index (κ1) is 31.7. The standard InChI is InChI=1S/C30H34F3N3O4S/c1-21(2)18-34-29(38)23(4)35(19-24-12-9-8-11-22(24)3)28(37)20-36(41(39,40)27-15-6-5-7-16-27)26-14-10-13-25(17-26)30(31,32)33/h5-17,21,23H,18-20H2,1-4H3,(H,34,38)/t23-/m0/s1. The second-order valence-corrected chi connectivity index (χ2v) is 12.0. The number of carbonyl (C=O) groups excluding carboxylic acids is 2. The van der Waals surface area contributed by atoms with Gasteiger partial charge in [-0.25, -0.2) is 8.42 Å². The number of hydrogen-bond acceptors (Lipinski definition) is 4. The third-order valence-electron chi connectivity index (χ3n) is 6.53. The van der Waals surface area contributed by atoms with Gasteiger partial charge in [-0.15, -0.1) is 0 Å². The summed E-state index contributed by atoms with van der Waals surface area (Å²) in [4.78, 5) is 28.0. The fraction of sp³-hybridized carbons (Fsp3) is 0.333. The third-order valence-corrected chi connectivity index (χ3v) is 8.31. The number of alkyl halides is 3. The summed E-state index contributed by atoms with van der Waals surface area (Å²) in [5.41, 5.74) is 0.200. The zero-order valence-corrected chi connectivity index (χ0v) is 24.2. The summed E-state index contributed by atoms with van der Waals surface area (Å²) in [5.74, 6) is -1.03. The van der Waals surface area contributed by atoms with Crippen LogP contribution >= 0.6 is 0 Å². The van der Waals surface area contributed by atoms with E-state index in [9.17, 15) is 31.2 Å². The molecule has 0 aliphatic heterocycles. The minimum Gasteiger partial charge on any atom is -0.354 e. The van der Waals surface area contributed by atoms with Gasteiger partial charge in [-0.1, -0.05) is 62.4 Å². The van der Waals surface area contributed by atoms with Gasteiger partial charge in [0.05, 0.1) is 16.1 Å². The number of amides is 2. The number of benzene rings is 3. The maximum atomic E-state index is 13.9. The Morgan fingerprint density at radius 1 is 0.902 bits per heavy atom. The number of rotatable bonds is 11. The van der Waals surface area contributed by atoms with Crippen LogP contribution in [0.15, 0.2) is 83.8 Å². The minimum atomic E-state index is -4.73.